The molecule has 0 aromatic heterocycles. The van der Waals surface area contributed by atoms with Gasteiger partial charge in [-0.1, -0.05) is 18.2 Å². The highest BCUT2D eigenvalue weighted by molar-refractivity contribution is 5.78. The summed E-state index contributed by atoms with van der Waals surface area (Å²) in [5.41, 5.74) is 0.944. The Kier molecular flexibility index (Phi) is 7.19. The Morgan fingerprint density at radius 3 is 2.57 bits per heavy atom. The van der Waals surface area contributed by atoms with Gasteiger partial charge in [-0.05, 0) is 26.8 Å². The molecule has 1 atom stereocenters. The number of amides is 1. The van der Waals surface area contributed by atoms with Crippen LogP contribution in [0.4, 0.5) is 0 Å². The Hall–Kier alpha value is -1.59. The van der Waals surface area contributed by atoms with Gasteiger partial charge in [-0.25, -0.2) is 0 Å². The summed E-state index contributed by atoms with van der Waals surface area (Å²) >= 11 is 0. The summed E-state index contributed by atoms with van der Waals surface area (Å²) < 4.78 is 5.25. The maximum absolute atomic E-state index is 12.0. The zero-order chi connectivity index (χ0) is 15.8. The molecule has 5 heteroatoms. The van der Waals surface area contributed by atoms with Gasteiger partial charge in [-0.3, -0.25) is 9.69 Å². The molecule has 0 saturated heterocycles. The number of carbonyl (C=O) groups excluding carboxylic acids is 1. The van der Waals surface area contributed by atoms with Gasteiger partial charge in [-0.2, -0.15) is 0 Å². The zero-order valence-electron chi connectivity index (χ0n) is 13.3. The van der Waals surface area contributed by atoms with E-state index in [1.165, 1.54) is 0 Å². The molecule has 0 aliphatic carbocycles. The van der Waals surface area contributed by atoms with E-state index in [4.69, 9.17) is 4.74 Å². The predicted octanol–water partition coefficient (Wildman–Crippen LogP) is 1.40. The molecule has 1 aromatic carbocycles. The molecule has 0 radical (unpaired) electrons. The van der Waals surface area contributed by atoms with Crippen molar-refractivity contribution in [1.82, 2.24) is 10.2 Å². The first kappa shape index (κ1) is 17.5. The highest BCUT2D eigenvalue weighted by atomic mass is 16.5. The van der Waals surface area contributed by atoms with Crippen LogP contribution >= 0.6 is 0 Å². The highest BCUT2D eigenvalue weighted by Gasteiger charge is 2.16. The van der Waals surface area contributed by atoms with Gasteiger partial charge in [-0.15, -0.1) is 0 Å². The molecule has 0 heterocycles. The molecule has 2 N–H and O–H groups in total. The first-order valence-electron chi connectivity index (χ1n) is 7.24. The number of ether oxygens (including phenoxy) is 1. The minimum Gasteiger partial charge on any atom is -0.496 e. The van der Waals surface area contributed by atoms with Crippen LogP contribution in [0.15, 0.2) is 24.3 Å². The van der Waals surface area contributed by atoms with Crippen LogP contribution < -0.4 is 10.1 Å². The molecule has 0 fully saturated rings. The lowest BCUT2D eigenvalue weighted by molar-refractivity contribution is -0.123. The molecule has 0 aliphatic rings. The van der Waals surface area contributed by atoms with E-state index in [9.17, 15) is 9.90 Å². The Labute approximate surface area is 126 Å². The van der Waals surface area contributed by atoms with E-state index in [1.54, 1.807) is 14.0 Å². The lowest BCUT2D eigenvalue weighted by atomic mass is 10.2. The average molecular weight is 294 g/mol. The Bertz CT molecular complexity index is 447. The molecule has 118 valence electrons. The minimum absolute atomic E-state index is 0.0599. The van der Waals surface area contributed by atoms with Gasteiger partial charge in [0.2, 0.25) is 5.91 Å². The van der Waals surface area contributed by atoms with E-state index in [2.05, 4.69) is 5.32 Å². The number of carbonyl (C=O) groups is 1. The summed E-state index contributed by atoms with van der Waals surface area (Å²) in [4.78, 5) is 14.0. The largest absolute Gasteiger partial charge is 0.496 e. The highest BCUT2D eigenvalue weighted by Crippen LogP contribution is 2.16. The van der Waals surface area contributed by atoms with E-state index < -0.39 is 6.10 Å². The topological polar surface area (TPSA) is 61.8 Å². The Morgan fingerprint density at radius 2 is 2.00 bits per heavy atom. The van der Waals surface area contributed by atoms with Crippen molar-refractivity contribution in [3.63, 3.8) is 0 Å². The van der Waals surface area contributed by atoms with Gasteiger partial charge >= 0.3 is 0 Å². The van der Waals surface area contributed by atoms with Crippen molar-refractivity contribution in [2.75, 3.05) is 20.2 Å². The summed E-state index contributed by atoms with van der Waals surface area (Å²) in [5.74, 6) is 0.706. The number of aliphatic hydroxyl groups excluding tert-OH is 1. The van der Waals surface area contributed by atoms with Crippen molar-refractivity contribution in [1.29, 1.82) is 0 Å². The van der Waals surface area contributed by atoms with Crippen molar-refractivity contribution < 1.29 is 14.6 Å². The van der Waals surface area contributed by atoms with Crippen LogP contribution in [0.2, 0.25) is 0 Å². The molecular formula is C16H26N2O3. The van der Waals surface area contributed by atoms with Crippen LogP contribution in [0.5, 0.6) is 5.75 Å². The van der Waals surface area contributed by atoms with Crippen molar-refractivity contribution >= 4 is 5.91 Å². The predicted molar refractivity (Wildman–Crippen MR) is 83.2 cm³/mol. The fourth-order valence-corrected chi connectivity index (χ4v) is 2.08. The first-order valence-corrected chi connectivity index (χ1v) is 7.24. The molecule has 1 aromatic rings. The Morgan fingerprint density at radius 1 is 1.33 bits per heavy atom. The fourth-order valence-electron chi connectivity index (χ4n) is 2.08. The van der Waals surface area contributed by atoms with E-state index in [-0.39, 0.29) is 18.5 Å². The molecule has 5 nitrogen and oxygen atoms in total. The van der Waals surface area contributed by atoms with Gasteiger partial charge in [0.25, 0.3) is 0 Å². The van der Waals surface area contributed by atoms with E-state index >= 15 is 0 Å². The summed E-state index contributed by atoms with van der Waals surface area (Å²) in [6.07, 6.45) is -0.450. The third kappa shape index (κ3) is 6.14. The lowest BCUT2D eigenvalue weighted by Crippen LogP contribution is -2.43. The standard InChI is InChI=1S/C16H26N2O3/c1-12(2)18(10-13(3)19)11-16(20)17-9-14-7-5-6-8-15(14)21-4/h5-8,12-13,19H,9-11H2,1-4H3,(H,17,20). The van der Waals surface area contributed by atoms with Crippen LogP contribution in [0, 0.1) is 0 Å². The summed E-state index contributed by atoms with van der Waals surface area (Å²) in [6.45, 7) is 6.94. The lowest BCUT2D eigenvalue weighted by Gasteiger charge is -2.27. The SMILES string of the molecule is COc1ccccc1CNC(=O)CN(CC(C)O)C(C)C. The van der Waals surface area contributed by atoms with E-state index in [0.717, 1.165) is 11.3 Å². The molecule has 0 saturated carbocycles. The fraction of sp³-hybridized carbons (Fsp3) is 0.562. The monoisotopic (exact) mass is 294 g/mol. The quantitative estimate of drug-likeness (QED) is 0.761. The molecule has 21 heavy (non-hydrogen) atoms. The van der Waals surface area contributed by atoms with Crippen LogP contribution in [0.25, 0.3) is 0 Å². The third-order valence-electron chi connectivity index (χ3n) is 3.24. The summed E-state index contributed by atoms with van der Waals surface area (Å²) in [5, 5.41) is 12.4. The number of para-hydroxylation sites is 1. The molecule has 1 amide bonds. The van der Waals surface area contributed by atoms with E-state index in [0.29, 0.717) is 13.1 Å². The number of benzene rings is 1. The first-order chi connectivity index (χ1) is 9.93. The van der Waals surface area contributed by atoms with Gasteiger partial charge < -0.3 is 15.2 Å². The Balaban J connectivity index is 2.53. The smallest absolute Gasteiger partial charge is 0.234 e. The molecule has 0 bridgehead atoms. The number of nitrogens with zero attached hydrogens (tertiary/aromatic N) is 1. The van der Waals surface area contributed by atoms with Crippen molar-refractivity contribution in [2.45, 2.75) is 39.5 Å². The van der Waals surface area contributed by atoms with E-state index in [1.807, 2.05) is 43.0 Å². The van der Waals surface area contributed by atoms with Crippen molar-refractivity contribution in [3.8, 4) is 5.75 Å². The van der Waals surface area contributed by atoms with Crippen molar-refractivity contribution in [3.05, 3.63) is 29.8 Å². The number of hydrogen-bond acceptors (Lipinski definition) is 4. The molecule has 1 unspecified atom stereocenters. The second-order valence-electron chi connectivity index (χ2n) is 5.46. The van der Waals surface area contributed by atoms with Crippen LogP contribution in [-0.2, 0) is 11.3 Å². The number of nitrogens with one attached hydrogen (secondary N) is 1. The number of rotatable bonds is 8. The minimum atomic E-state index is -0.450. The van der Waals surface area contributed by atoms with Crippen LogP contribution in [0.1, 0.15) is 26.3 Å². The molecule has 1 rings (SSSR count). The number of methoxy groups -OCH3 is 1. The average Bonchev–Trinajstić information content (AvgIpc) is 2.44. The van der Waals surface area contributed by atoms with Gasteiger partial charge in [0.15, 0.2) is 0 Å². The van der Waals surface area contributed by atoms with Gasteiger partial charge in [0.05, 0.1) is 19.8 Å². The molecule has 0 aliphatic heterocycles. The maximum atomic E-state index is 12.0. The number of aliphatic hydroxyl groups is 1. The van der Waals surface area contributed by atoms with Gasteiger partial charge in [0, 0.05) is 24.7 Å². The normalized spacial score (nSPS) is 12.5. The maximum Gasteiger partial charge on any atom is 0.234 e. The third-order valence-corrected chi connectivity index (χ3v) is 3.24. The number of hydrogen-bond donors (Lipinski definition) is 2. The van der Waals surface area contributed by atoms with Crippen molar-refractivity contribution in [2.24, 2.45) is 0 Å². The van der Waals surface area contributed by atoms with Crippen LogP contribution in [0.3, 0.4) is 0 Å². The molecular weight excluding hydrogens is 268 g/mol. The van der Waals surface area contributed by atoms with Crippen LogP contribution in [-0.4, -0.2) is 48.3 Å². The zero-order valence-corrected chi connectivity index (χ0v) is 13.3. The second kappa shape index (κ2) is 8.64. The van der Waals surface area contributed by atoms with Gasteiger partial charge in [0.1, 0.15) is 5.75 Å². The summed E-state index contributed by atoms with van der Waals surface area (Å²) in [6, 6.07) is 7.81. The summed E-state index contributed by atoms with van der Waals surface area (Å²) in [7, 11) is 1.61. The second-order valence-corrected chi connectivity index (χ2v) is 5.46. The molecule has 0 spiro atoms.